The van der Waals surface area contributed by atoms with E-state index in [0.29, 0.717) is 18.5 Å². The van der Waals surface area contributed by atoms with Crippen LogP contribution in [0.5, 0.6) is 0 Å². The maximum atomic E-state index is 12.8. The van der Waals surface area contributed by atoms with Gasteiger partial charge in [0.05, 0.1) is 12.5 Å². The first-order valence-electron chi connectivity index (χ1n) is 6.63. The zero-order chi connectivity index (χ0) is 15.2. The van der Waals surface area contributed by atoms with E-state index < -0.39 is 0 Å². The number of nitrogens with zero attached hydrogens (tertiary/aromatic N) is 2. The number of nitriles is 1. The molecule has 0 N–H and O–H groups in total. The fraction of sp³-hybridized carbons (Fsp3) is 0.176. The molecule has 0 atom stereocenters. The highest BCUT2D eigenvalue weighted by molar-refractivity contribution is 9.10. The largest absolute Gasteiger partial charge is 0.307 e. The molecule has 1 amide bonds. The summed E-state index contributed by atoms with van der Waals surface area (Å²) in [4.78, 5) is 14.5. The number of amides is 1. The van der Waals surface area contributed by atoms with Crippen molar-refractivity contribution in [3.63, 3.8) is 0 Å². The molecule has 0 spiro atoms. The summed E-state index contributed by atoms with van der Waals surface area (Å²) in [6.07, 6.45) is 0.299. The minimum absolute atomic E-state index is 0.0877. The van der Waals surface area contributed by atoms with Crippen molar-refractivity contribution >= 4 is 27.5 Å². The molecule has 0 fully saturated rings. The Balaban J connectivity index is 2.39. The monoisotopic (exact) mass is 342 g/mol. The van der Waals surface area contributed by atoms with Crippen LogP contribution in [0.1, 0.15) is 22.3 Å². The van der Waals surface area contributed by atoms with Crippen molar-refractivity contribution in [2.75, 3.05) is 11.4 Å². The van der Waals surface area contributed by atoms with Crippen LogP contribution in [0.3, 0.4) is 0 Å². The van der Waals surface area contributed by atoms with E-state index in [9.17, 15) is 4.79 Å². The van der Waals surface area contributed by atoms with Crippen LogP contribution in [0.25, 0.3) is 0 Å². The molecule has 0 heterocycles. The van der Waals surface area contributed by atoms with E-state index in [1.807, 2.05) is 55.5 Å². The Bertz CT molecular complexity index is 677. The first-order chi connectivity index (χ1) is 10.1. The lowest BCUT2D eigenvalue weighted by Crippen LogP contribution is -2.32. The third-order valence-corrected chi connectivity index (χ3v) is 3.68. The Morgan fingerprint density at radius 2 is 1.95 bits per heavy atom. The Morgan fingerprint density at radius 3 is 2.62 bits per heavy atom. The average molecular weight is 343 g/mol. The van der Waals surface area contributed by atoms with Gasteiger partial charge in [0, 0.05) is 22.3 Å². The van der Waals surface area contributed by atoms with Gasteiger partial charge in [0.25, 0.3) is 5.91 Å². The van der Waals surface area contributed by atoms with E-state index in [1.165, 1.54) is 0 Å². The predicted octanol–water partition coefficient (Wildman–Crippen LogP) is 4.32. The molecule has 0 saturated heterocycles. The molecule has 2 rings (SSSR count). The van der Waals surface area contributed by atoms with Crippen molar-refractivity contribution in [2.24, 2.45) is 0 Å². The lowest BCUT2D eigenvalue weighted by atomic mass is 10.1. The molecule has 0 radical (unpaired) electrons. The number of anilines is 1. The molecule has 0 unspecified atom stereocenters. The fourth-order valence-electron chi connectivity index (χ4n) is 2.09. The molecular weight excluding hydrogens is 328 g/mol. The molecule has 2 aromatic rings. The van der Waals surface area contributed by atoms with Gasteiger partial charge in [0.2, 0.25) is 0 Å². The van der Waals surface area contributed by atoms with Crippen LogP contribution in [0.2, 0.25) is 0 Å². The van der Waals surface area contributed by atoms with Crippen LogP contribution in [-0.2, 0) is 0 Å². The summed E-state index contributed by atoms with van der Waals surface area (Å²) < 4.78 is 0.866. The van der Waals surface area contributed by atoms with Gasteiger partial charge in [0.15, 0.2) is 0 Å². The molecule has 106 valence electrons. The van der Waals surface area contributed by atoms with Crippen molar-refractivity contribution in [3.05, 3.63) is 64.1 Å². The molecule has 0 saturated carbocycles. The smallest absolute Gasteiger partial charge is 0.258 e. The van der Waals surface area contributed by atoms with E-state index in [-0.39, 0.29) is 5.91 Å². The second kappa shape index (κ2) is 7.05. The third-order valence-electron chi connectivity index (χ3n) is 3.19. The number of aryl methyl sites for hydroxylation is 1. The van der Waals surface area contributed by atoms with Gasteiger partial charge in [-0.2, -0.15) is 5.26 Å². The number of halogens is 1. The standard InChI is InChI=1S/C17H15BrN2O/c1-13-8-9-14(18)12-16(13)17(21)20(11-5-10-19)15-6-3-2-4-7-15/h2-4,6-9,12H,5,11H2,1H3. The minimum atomic E-state index is -0.0877. The average Bonchev–Trinajstić information content (AvgIpc) is 2.51. The zero-order valence-corrected chi connectivity index (χ0v) is 13.3. The normalized spacial score (nSPS) is 9.95. The Kier molecular flexibility index (Phi) is 5.13. The number of benzene rings is 2. The molecule has 0 aliphatic carbocycles. The summed E-state index contributed by atoms with van der Waals surface area (Å²) in [5.41, 5.74) is 2.37. The van der Waals surface area contributed by atoms with Crippen LogP contribution in [0, 0.1) is 18.3 Å². The van der Waals surface area contributed by atoms with E-state index >= 15 is 0 Å². The highest BCUT2D eigenvalue weighted by Gasteiger charge is 2.19. The second-order valence-electron chi connectivity index (χ2n) is 4.66. The van der Waals surface area contributed by atoms with Gasteiger partial charge in [-0.3, -0.25) is 4.79 Å². The Hall–Kier alpha value is -2.12. The quantitative estimate of drug-likeness (QED) is 0.830. The maximum absolute atomic E-state index is 12.8. The number of para-hydroxylation sites is 1. The van der Waals surface area contributed by atoms with Crippen molar-refractivity contribution in [1.82, 2.24) is 0 Å². The van der Waals surface area contributed by atoms with Crippen LogP contribution < -0.4 is 4.90 Å². The Morgan fingerprint density at radius 1 is 1.24 bits per heavy atom. The summed E-state index contributed by atoms with van der Waals surface area (Å²) >= 11 is 3.40. The summed E-state index contributed by atoms with van der Waals surface area (Å²) in [5, 5.41) is 8.82. The predicted molar refractivity (Wildman–Crippen MR) is 87.2 cm³/mol. The third kappa shape index (κ3) is 3.71. The van der Waals surface area contributed by atoms with Crippen LogP contribution in [0.4, 0.5) is 5.69 Å². The lowest BCUT2D eigenvalue weighted by molar-refractivity contribution is 0.0987. The molecule has 21 heavy (non-hydrogen) atoms. The molecule has 0 aliphatic rings. The molecule has 0 aliphatic heterocycles. The van der Waals surface area contributed by atoms with Crippen LogP contribution in [-0.4, -0.2) is 12.5 Å². The van der Waals surface area contributed by atoms with Gasteiger partial charge in [-0.15, -0.1) is 0 Å². The van der Waals surface area contributed by atoms with Gasteiger partial charge < -0.3 is 4.90 Å². The van der Waals surface area contributed by atoms with E-state index in [4.69, 9.17) is 5.26 Å². The molecular formula is C17H15BrN2O. The lowest BCUT2D eigenvalue weighted by Gasteiger charge is -2.22. The van der Waals surface area contributed by atoms with E-state index in [0.717, 1.165) is 15.7 Å². The molecule has 4 heteroatoms. The number of hydrogen-bond donors (Lipinski definition) is 0. The minimum Gasteiger partial charge on any atom is -0.307 e. The Labute approximate surface area is 132 Å². The maximum Gasteiger partial charge on any atom is 0.258 e. The SMILES string of the molecule is Cc1ccc(Br)cc1C(=O)N(CCC#N)c1ccccc1. The van der Waals surface area contributed by atoms with Gasteiger partial charge in [-0.25, -0.2) is 0 Å². The number of carbonyl (C=O) groups excluding carboxylic acids is 1. The number of hydrogen-bond acceptors (Lipinski definition) is 2. The van der Waals surface area contributed by atoms with Crippen LogP contribution in [0.15, 0.2) is 53.0 Å². The summed E-state index contributed by atoms with van der Waals surface area (Å²) in [7, 11) is 0. The zero-order valence-electron chi connectivity index (χ0n) is 11.7. The van der Waals surface area contributed by atoms with Crippen molar-refractivity contribution < 1.29 is 4.79 Å². The topological polar surface area (TPSA) is 44.1 Å². The molecule has 0 aromatic heterocycles. The number of carbonyl (C=O) groups is 1. The van der Waals surface area contributed by atoms with Crippen molar-refractivity contribution in [1.29, 1.82) is 5.26 Å². The van der Waals surface area contributed by atoms with Gasteiger partial charge in [-0.1, -0.05) is 40.2 Å². The van der Waals surface area contributed by atoms with Crippen molar-refractivity contribution in [2.45, 2.75) is 13.3 Å². The van der Waals surface area contributed by atoms with Gasteiger partial charge >= 0.3 is 0 Å². The van der Waals surface area contributed by atoms with Crippen LogP contribution >= 0.6 is 15.9 Å². The first-order valence-corrected chi connectivity index (χ1v) is 7.43. The van der Waals surface area contributed by atoms with E-state index in [2.05, 4.69) is 22.0 Å². The number of rotatable bonds is 4. The van der Waals surface area contributed by atoms with Gasteiger partial charge in [-0.05, 0) is 36.8 Å². The highest BCUT2D eigenvalue weighted by atomic mass is 79.9. The molecule has 0 bridgehead atoms. The van der Waals surface area contributed by atoms with E-state index in [1.54, 1.807) is 4.90 Å². The molecule has 2 aromatic carbocycles. The highest BCUT2D eigenvalue weighted by Crippen LogP contribution is 2.22. The van der Waals surface area contributed by atoms with Crippen molar-refractivity contribution in [3.8, 4) is 6.07 Å². The summed E-state index contributed by atoms with van der Waals surface area (Å²) in [5.74, 6) is -0.0877. The molecule has 3 nitrogen and oxygen atoms in total. The second-order valence-corrected chi connectivity index (χ2v) is 5.58. The fourth-order valence-corrected chi connectivity index (χ4v) is 2.45. The summed E-state index contributed by atoms with van der Waals surface area (Å²) in [6.45, 7) is 2.29. The summed E-state index contributed by atoms with van der Waals surface area (Å²) in [6, 6.07) is 17.2. The first kappa shape index (κ1) is 15.3. The van der Waals surface area contributed by atoms with Gasteiger partial charge in [0.1, 0.15) is 0 Å².